The van der Waals surface area contributed by atoms with Crippen molar-refractivity contribution < 1.29 is 135 Å². The van der Waals surface area contributed by atoms with Gasteiger partial charge in [0.05, 0.1) is 45.7 Å². The van der Waals surface area contributed by atoms with Crippen LogP contribution in [0.15, 0.2) is 65.2 Å². The second-order valence-corrected chi connectivity index (χ2v) is 16.6. The maximum absolute atomic E-state index is 11.7. The van der Waals surface area contributed by atoms with E-state index in [0.717, 1.165) is 63.6 Å². The molecule has 49 heavy (non-hydrogen) atoms. The van der Waals surface area contributed by atoms with E-state index in [-0.39, 0.29) is 106 Å². The van der Waals surface area contributed by atoms with Crippen LogP contribution in [-0.4, -0.2) is 73.2 Å². The van der Waals surface area contributed by atoms with Gasteiger partial charge in [-0.2, -0.15) is 13.2 Å². The average Bonchev–Trinajstić information content (AvgIpc) is 3.31. The molecule has 0 aromatic heterocycles. The Kier molecular flexibility index (Phi) is 17.7. The molecule has 2 heterocycles. The van der Waals surface area contributed by atoms with Crippen molar-refractivity contribution in [1.29, 1.82) is 0 Å². The fourth-order valence-electron chi connectivity index (χ4n) is 5.83. The summed E-state index contributed by atoms with van der Waals surface area (Å²) in [4.78, 5) is 7.64. The Hall–Kier alpha value is 0.346. The van der Waals surface area contributed by atoms with Crippen molar-refractivity contribution in [1.82, 2.24) is 0 Å². The Bertz CT molecular complexity index is 1800. The molecule has 13 nitrogen and oxygen atoms in total. The molecular weight excluding hydrogens is 755 g/mol. The van der Waals surface area contributed by atoms with Crippen molar-refractivity contribution in [2.45, 2.75) is 50.3 Å². The normalized spacial score (nSPS) is 17.3. The van der Waals surface area contributed by atoms with Gasteiger partial charge in [0.25, 0.3) is 0 Å². The van der Waals surface area contributed by atoms with Crippen molar-refractivity contribution in [3.8, 4) is 0 Å². The van der Waals surface area contributed by atoms with Crippen LogP contribution in [0.4, 0.5) is 11.4 Å². The topological polar surface area (TPSA) is 181 Å². The third-order valence-corrected chi connectivity index (χ3v) is 10.5. The van der Waals surface area contributed by atoms with Gasteiger partial charge in [0.2, 0.25) is 5.69 Å². The van der Waals surface area contributed by atoms with Crippen molar-refractivity contribution >= 4 is 61.4 Å². The number of nitrogens with zero attached hydrogens (tertiary/aromatic N) is 2. The van der Waals surface area contributed by atoms with Gasteiger partial charge >= 0.3 is 80.9 Å². The molecule has 0 fully saturated rings. The van der Waals surface area contributed by atoms with Gasteiger partial charge in [-0.05, 0) is 50.6 Å². The quantitative estimate of drug-likeness (QED) is 0.0332. The molecule has 2 aliphatic heterocycles. The Labute approximate surface area is 361 Å². The first-order valence-electron chi connectivity index (χ1n) is 14.4. The minimum atomic E-state index is -4.51. The number of hydrogen-bond donors (Lipinski definition) is 0. The molecule has 0 unspecified atom stereocenters. The zero-order valence-corrected chi connectivity index (χ0v) is 36.8. The van der Waals surface area contributed by atoms with Crippen LogP contribution in [0.3, 0.4) is 0 Å². The van der Waals surface area contributed by atoms with E-state index < -0.39 is 42.6 Å². The molecule has 2 aromatic carbocycles. The van der Waals surface area contributed by atoms with Crippen LogP contribution in [0.25, 0.3) is 0 Å². The Morgan fingerprint density at radius 1 is 0.939 bits per heavy atom. The monoisotopic (exact) mass is 790 g/mol. The predicted octanol–water partition coefficient (Wildman–Crippen LogP) is -2.47. The molecule has 0 bridgehead atoms. The van der Waals surface area contributed by atoms with Crippen LogP contribution >= 0.6 is 24.1 Å². The van der Waals surface area contributed by atoms with Crippen LogP contribution in [-0.2, 0) is 49.7 Å². The van der Waals surface area contributed by atoms with Crippen LogP contribution < -0.4 is 91.1 Å². The van der Waals surface area contributed by atoms with Crippen molar-refractivity contribution in [3.05, 3.63) is 77.0 Å². The molecule has 4 rings (SSSR count). The standard InChI is InChI=1S/C30H38N2O11S4.K.Na/c1-21-9-11-25-23(19-21)29(2,3)27(31(25)13-17-46(34,35)36)7-6-8-28-30(4,5)24-20-22(45-42-40-15-16-44-43-41-33)10-12-26(24)32(28)14-18-47(37,38)39;;/h6-12,19-20H,13-18H2,1-5H3,(H2-,33,34,35,36,37,38,39);;/q;2*+1/p-2. The number of aryl methyl sites for hydroxylation is 1. The van der Waals surface area contributed by atoms with Gasteiger partial charge in [-0.25, -0.2) is 21.7 Å². The van der Waals surface area contributed by atoms with Crippen LogP contribution in [0, 0.1) is 6.92 Å². The Morgan fingerprint density at radius 2 is 1.63 bits per heavy atom. The molecule has 0 saturated heterocycles. The molecule has 0 atom stereocenters. The predicted molar refractivity (Wildman–Crippen MR) is 175 cm³/mol. The summed E-state index contributed by atoms with van der Waals surface area (Å²) < 4.78 is 80.9. The second kappa shape index (κ2) is 19.1. The van der Waals surface area contributed by atoms with Crippen molar-refractivity contribution in [2.75, 3.05) is 41.9 Å². The molecule has 0 amide bonds. The molecule has 258 valence electrons. The summed E-state index contributed by atoms with van der Waals surface area (Å²) in [6.07, 6.45) is 5.55. The van der Waals surface area contributed by atoms with E-state index in [1.54, 1.807) is 10.6 Å². The summed E-state index contributed by atoms with van der Waals surface area (Å²) in [7, 11) is -8.98. The van der Waals surface area contributed by atoms with Crippen LogP contribution in [0.2, 0.25) is 0 Å². The molecule has 0 N–H and O–H groups in total. The molecule has 0 radical (unpaired) electrons. The zero-order valence-electron chi connectivity index (χ0n) is 28.5. The summed E-state index contributed by atoms with van der Waals surface area (Å²) in [5.41, 5.74) is 4.85. The van der Waals surface area contributed by atoms with Gasteiger partial charge in [-0.1, -0.05) is 37.6 Å². The SMILES string of the molecule is Cc1ccc2c(c1)C(C)(C)/C(=C\C=CC1=[N+](CCS(=O)(=O)[O-])c3ccc(SOOCCSOO[O-])cc3C1(C)C)N2CCS(=O)(=O)[O-].[K+].[Na+]. The van der Waals surface area contributed by atoms with Crippen LogP contribution in [0.1, 0.15) is 44.4 Å². The molecule has 0 saturated carbocycles. The van der Waals surface area contributed by atoms with Crippen molar-refractivity contribution in [3.63, 3.8) is 0 Å². The van der Waals surface area contributed by atoms with Crippen molar-refractivity contribution in [2.24, 2.45) is 0 Å². The summed E-state index contributed by atoms with van der Waals surface area (Å²) in [5, 5.41) is 13.1. The fourth-order valence-corrected chi connectivity index (χ4v) is 7.37. The minimum Gasteiger partial charge on any atom is -0.748 e. The van der Waals surface area contributed by atoms with E-state index in [2.05, 4.69) is 15.4 Å². The van der Waals surface area contributed by atoms with Gasteiger partial charge in [0.1, 0.15) is 10.1 Å². The van der Waals surface area contributed by atoms with E-state index in [4.69, 9.17) is 9.22 Å². The average molecular weight is 791 g/mol. The maximum Gasteiger partial charge on any atom is 1.00 e. The third-order valence-electron chi connectivity index (χ3n) is 8.05. The largest absolute Gasteiger partial charge is 1.00 e. The maximum atomic E-state index is 11.7. The van der Waals surface area contributed by atoms with E-state index in [9.17, 15) is 31.2 Å². The first kappa shape index (κ1) is 45.5. The number of anilines is 1. The first-order valence-corrected chi connectivity index (χ1v) is 19.2. The third kappa shape index (κ3) is 11.9. The zero-order chi connectivity index (χ0) is 34.6. The Balaban J connectivity index is 0.00000417. The van der Waals surface area contributed by atoms with Crippen LogP contribution in [0.5, 0.6) is 0 Å². The number of fused-ring (bicyclic) bond motifs is 2. The Morgan fingerprint density at radius 3 is 2.29 bits per heavy atom. The molecule has 2 aliphatic rings. The van der Waals surface area contributed by atoms with Gasteiger partial charge in [0, 0.05) is 63.7 Å². The molecule has 0 spiro atoms. The molecular formula is C30H36KN2NaO11S4. The van der Waals surface area contributed by atoms with Gasteiger partial charge in [-0.3, -0.25) is 5.04 Å². The summed E-state index contributed by atoms with van der Waals surface area (Å²) in [6.45, 7) is 10.0. The first-order chi connectivity index (χ1) is 22.0. The smallest absolute Gasteiger partial charge is 0.748 e. The number of allylic oxidation sites excluding steroid dienone is 4. The van der Waals surface area contributed by atoms with E-state index in [1.165, 1.54) is 0 Å². The van der Waals surface area contributed by atoms with E-state index in [0.29, 0.717) is 4.90 Å². The van der Waals surface area contributed by atoms with Gasteiger partial charge in [0.15, 0.2) is 12.3 Å². The molecule has 19 heteroatoms. The number of hydrogen-bond acceptors (Lipinski definition) is 14. The van der Waals surface area contributed by atoms with E-state index >= 15 is 0 Å². The summed E-state index contributed by atoms with van der Waals surface area (Å²) in [6, 6.07) is 11.4. The summed E-state index contributed by atoms with van der Waals surface area (Å²) >= 11 is 1.73. The number of benzene rings is 2. The van der Waals surface area contributed by atoms with E-state index in [1.807, 2.05) is 82.0 Å². The summed E-state index contributed by atoms with van der Waals surface area (Å²) in [5.74, 6) is -0.878. The minimum absolute atomic E-state index is 0. The second-order valence-electron chi connectivity index (χ2n) is 12.0. The number of rotatable bonds is 16. The van der Waals surface area contributed by atoms with Gasteiger partial charge in [-0.15, -0.1) is 0 Å². The molecule has 2 aromatic rings. The van der Waals surface area contributed by atoms with Gasteiger partial charge < -0.3 is 19.3 Å². The fraction of sp³-hybridized carbons (Fsp3) is 0.433. The molecule has 0 aliphatic carbocycles.